The van der Waals surface area contributed by atoms with Crippen LogP contribution in [-0.2, 0) is 19.1 Å². The number of fused-ring (bicyclic) bond motifs is 3. The summed E-state index contributed by atoms with van der Waals surface area (Å²) >= 11 is 0. The third kappa shape index (κ3) is 6.69. The standard InChI is InChI=1S/C27H38F3N3O3/c1-3-22-18(2)25-23(12-11-21-26(25)20(27(28,29)30)15-24(36)32-21)33(22)14-10-8-6-4-5-7-9-13-31-16-19(35)17-34/h11-12,15,19,31,34-35H,3-10,13-14,16-17H2,1-2H3,(H,32,36)/t19-/m1/s1. The number of aromatic nitrogens is 2. The third-order valence-electron chi connectivity index (χ3n) is 6.88. The molecule has 0 saturated heterocycles. The predicted octanol–water partition coefficient (Wildman–Crippen LogP) is 5.05. The van der Waals surface area contributed by atoms with Crippen LogP contribution in [0.3, 0.4) is 0 Å². The average molecular weight is 510 g/mol. The molecule has 1 atom stereocenters. The number of aliphatic hydroxyl groups is 2. The zero-order valence-corrected chi connectivity index (χ0v) is 21.2. The molecule has 3 aromatic rings. The Labute approximate surface area is 209 Å². The Kier molecular flexibility index (Phi) is 9.99. The summed E-state index contributed by atoms with van der Waals surface area (Å²) in [6.45, 7) is 5.66. The van der Waals surface area contributed by atoms with E-state index in [4.69, 9.17) is 5.11 Å². The highest BCUT2D eigenvalue weighted by Crippen LogP contribution is 2.39. The quantitative estimate of drug-likeness (QED) is 0.229. The van der Waals surface area contributed by atoms with Gasteiger partial charge in [-0.3, -0.25) is 4.79 Å². The Balaban J connectivity index is 1.63. The first-order chi connectivity index (χ1) is 17.2. The molecule has 2 heterocycles. The number of aryl methyl sites for hydroxylation is 2. The number of halogens is 3. The largest absolute Gasteiger partial charge is 0.417 e. The molecule has 0 unspecified atom stereocenters. The molecule has 2 aromatic heterocycles. The predicted molar refractivity (Wildman–Crippen MR) is 137 cm³/mol. The molecule has 36 heavy (non-hydrogen) atoms. The van der Waals surface area contributed by atoms with E-state index >= 15 is 0 Å². The van der Waals surface area contributed by atoms with Crippen LogP contribution in [0.15, 0.2) is 23.0 Å². The van der Waals surface area contributed by atoms with Gasteiger partial charge in [0.2, 0.25) is 5.56 Å². The summed E-state index contributed by atoms with van der Waals surface area (Å²) < 4.78 is 43.7. The number of aliphatic hydroxyl groups excluding tert-OH is 2. The van der Waals surface area contributed by atoms with Gasteiger partial charge in [0.05, 0.1) is 18.3 Å². The highest BCUT2D eigenvalue weighted by molar-refractivity contribution is 6.09. The first kappa shape index (κ1) is 28.2. The summed E-state index contributed by atoms with van der Waals surface area (Å²) in [6, 6.07) is 4.08. The van der Waals surface area contributed by atoms with E-state index in [0.29, 0.717) is 18.0 Å². The number of unbranched alkanes of at least 4 members (excludes halogenated alkanes) is 6. The lowest BCUT2D eigenvalue weighted by atomic mass is 10.0. The number of aromatic amines is 1. The summed E-state index contributed by atoms with van der Waals surface area (Å²) in [4.78, 5) is 14.4. The number of nitrogens with zero attached hydrogens (tertiary/aromatic N) is 1. The second-order valence-corrected chi connectivity index (χ2v) is 9.52. The Hall–Kier alpha value is -2.36. The van der Waals surface area contributed by atoms with Crippen LogP contribution in [0.2, 0.25) is 0 Å². The Morgan fingerprint density at radius 1 is 1.06 bits per heavy atom. The van der Waals surface area contributed by atoms with E-state index in [1.807, 2.05) is 19.9 Å². The molecular formula is C27H38F3N3O3. The van der Waals surface area contributed by atoms with E-state index in [1.165, 1.54) is 0 Å². The van der Waals surface area contributed by atoms with Crippen LogP contribution >= 0.6 is 0 Å². The number of hydrogen-bond acceptors (Lipinski definition) is 4. The van der Waals surface area contributed by atoms with Crippen molar-refractivity contribution in [1.82, 2.24) is 14.9 Å². The van der Waals surface area contributed by atoms with Crippen molar-refractivity contribution in [2.45, 2.75) is 84.0 Å². The summed E-state index contributed by atoms with van der Waals surface area (Å²) in [5.41, 5.74) is 1.25. The topological polar surface area (TPSA) is 90.3 Å². The van der Waals surface area contributed by atoms with E-state index in [-0.39, 0.29) is 17.5 Å². The fraction of sp³-hybridized carbons (Fsp3) is 0.593. The number of hydrogen-bond donors (Lipinski definition) is 4. The normalized spacial score (nSPS) is 13.2. The first-order valence-electron chi connectivity index (χ1n) is 12.9. The summed E-state index contributed by atoms with van der Waals surface area (Å²) in [5, 5.41) is 21.8. The van der Waals surface area contributed by atoms with Gasteiger partial charge in [-0.25, -0.2) is 0 Å². The van der Waals surface area contributed by atoms with Crippen LogP contribution in [0.25, 0.3) is 21.8 Å². The van der Waals surface area contributed by atoms with Crippen molar-refractivity contribution in [3.8, 4) is 0 Å². The van der Waals surface area contributed by atoms with Crippen molar-refractivity contribution in [3.63, 3.8) is 0 Å². The van der Waals surface area contributed by atoms with E-state index in [1.54, 1.807) is 6.07 Å². The lowest BCUT2D eigenvalue weighted by Gasteiger charge is -2.12. The minimum atomic E-state index is -4.61. The fourth-order valence-corrected chi connectivity index (χ4v) is 5.12. The molecule has 0 aliphatic rings. The van der Waals surface area contributed by atoms with Gasteiger partial charge in [0.15, 0.2) is 0 Å². The molecule has 3 rings (SSSR count). The Morgan fingerprint density at radius 3 is 2.36 bits per heavy atom. The van der Waals surface area contributed by atoms with Crippen molar-refractivity contribution in [3.05, 3.63) is 45.4 Å². The van der Waals surface area contributed by atoms with Gasteiger partial charge in [0, 0.05) is 46.7 Å². The number of benzene rings is 1. The zero-order chi connectivity index (χ0) is 26.3. The highest BCUT2D eigenvalue weighted by Gasteiger charge is 2.34. The molecule has 200 valence electrons. The zero-order valence-electron chi connectivity index (χ0n) is 21.2. The molecule has 0 aliphatic carbocycles. The highest BCUT2D eigenvalue weighted by atomic mass is 19.4. The van der Waals surface area contributed by atoms with Gasteiger partial charge in [-0.05, 0) is 50.4 Å². The molecule has 4 N–H and O–H groups in total. The Morgan fingerprint density at radius 2 is 1.72 bits per heavy atom. The molecule has 0 fully saturated rings. The number of alkyl halides is 3. The van der Waals surface area contributed by atoms with Crippen LogP contribution in [0.5, 0.6) is 0 Å². The fourth-order valence-electron chi connectivity index (χ4n) is 5.12. The number of pyridine rings is 1. The lowest BCUT2D eigenvalue weighted by Crippen LogP contribution is -2.29. The van der Waals surface area contributed by atoms with Crippen LogP contribution in [0.1, 0.15) is 68.7 Å². The van der Waals surface area contributed by atoms with Gasteiger partial charge < -0.3 is 25.1 Å². The number of nitrogens with one attached hydrogen (secondary N) is 2. The molecule has 0 radical (unpaired) electrons. The van der Waals surface area contributed by atoms with Crippen molar-refractivity contribution < 1.29 is 23.4 Å². The lowest BCUT2D eigenvalue weighted by molar-refractivity contribution is -0.136. The van der Waals surface area contributed by atoms with Gasteiger partial charge in [-0.1, -0.05) is 39.0 Å². The molecule has 6 nitrogen and oxygen atoms in total. The van der Waals surface area contributed by atoms with Crippen LogP contribution in [-0.4, -0.2) is 45.6 Å². The molecule has 0 aliphatic heterocycles. The molecule has 9 heteroatoms. The van der Waals surface area contributed by atoms with Crippen molar-refractivity contribution in [2.75, 3.05) is 19.7 Å². The van der Waals surface area contributed by atoms with Gasteiger partial charge in [-0.2, -0.15) is 13.2 Å². The second-order valence-electron chi connectivity index (χ2n) is 9.52. The van der Waals surface area contributed by atoms with Crippen molar-refractivity contribution >= 4 is 21.8 Å². The average Bonchev–Trinajstić information content (AvgIpc) is 3.11. The molecular weight excluding hydrogens is 471 g/mol. The third-order valence-corrected chi connectivity index (χ3v) is 6.88. The smallest absolute Gasteiger partial charge is 0.394 e. The minimum absolute atomic E-state index is 0.0749. The van der Waals surface area contributed by atoms with Gasteiger partial charge in [0.25, 0.3) is 0 Å². The molecule has 0 spiro atoms. The SMILES string of the molecule is CCc1c(C)c2c3c(C(F)(F)F)cc(=O)[nH]c3ccc2n1CCCCCCCCCNC[C@@H](O)CO. The van der Waals surface area contributed by atoms with Crippen molar-refractivity contribution in [1.29, 1.82) is 0 Å². The van der Waals surface area contributed by atoms with Gasteiger partial charge in [0.1, 0.15) is 0 Å². The molecule has 0 saturated carbocycles. The van der Waals surface area contributed by atoms with E-state index < -0.39 is 23.4 Å². The van der Waals surface area contributed by atoms with Crippen LogP contribution in [0.4, 0.5) is 13.2 Å². The summed E-state index contributed by atoms with van der Waals surface area (Å²) in [7, 11) is 0. The van der Waals surface area contributed by atoms with Crippen LogP contribution < -0.4 is 10.9 Å². The maximum absolute atomic E-state index is 13.8. The number of H-pyrrole nitrogens is 1. The van der Waals surface area contributed by atoms with E-state index in [0.717, 1.165) is 81.2 Å². The van der Waals surface area contributed by atoms with Gasteiger partial charge in [-0.15, -0.1) is 0 Å². The number of rotatable bonds is 14. The Bertz CT molecular complexity index is 1200. The van der Waals surface area contributed by atoms with Crippen LogP contribution in [0, 0.1) is 6.92 Å². The first-order valence-corrected chi connectivity index (χ1v) is 12.9. The minimum Gasteiger partial charge on any atom is -0.394 e. The van der Waals surface area contributed by atoms with Gasteiger partial charge >= 0.3 is 6.18 Å². The summed E-state index contributed by atoms with van der Waals surface area (Å²) in [6.07, 6.45) is 2.94. The maximum Gasteiger partial charge on any atom is 0.417 e. The second kappa shape index (κ2) is 12.7. The molecule has 0 amide bonds. The monoisotopic (exact) mass is 509 g/mol. The molecule has 1 aromatic carbocycles. The van der Waals surface area contributed by atoms with Crippen molar-refractivity contribution in [2.24, 2.45) is 0 Å². The van der Waals surface area contributed by atoms with E-state index in [9.17, 15) is 23.1 Å². The molecule has 0 bridgehead atoms. The maximum atomic E-state index is 13.8. The van der Waals surface area contributed by atoms with E-state index in [2.05, 4.69) is 14.9 Å². The summed E-state index contributed by atoms with van der Waals surface area (Å²) in [5.74, 6) is 0.